The summed E-state index contributed by atoms with van der Waals surface area (Å²) in [6.45, 7) is 2.67. The van der Waals surface area contributed by atoms with Gasteiger partial charge in [0.1, 0.15) is 5.78 Å². The van der Waals surface area contributed by atoms with E-state index in [9.17, 15) is 9.59 Å². The van der Waals surface area contributed by atoms with Crippen molar-refractivity contribution < 1.29 is 9.59 Å². The lowest BCUT2D eigenvalue weighted by Gasteiger charge is -2.38. The van der Waals surface area contributed by atoms with Crippen LogP contribution in [-0.2, 0) is 9.59 Å². The molecule has 0 aromatic carbocycles. The van der Waals surface area contributed by atoms with Crippen molar-refractivity contribution in [3.05, 3.63) is 0 Å². The molecule has 12 heavy (non-hydrogen) atoms. The van der Waals surface area contributed by atoms with E-state index in [0.29, 0.717) is 31.6 Å². The zero-order chi connectivity index (χ0) is 8.77. The second-order valence-electron chi connectivity index (χ2n) is 4.01. The third-order valence-electron chi connectivity index (χ3n) is 3.02. The van der Waals surface area contributed by atoms with Crippen LogP contribution in [-0.4, -0.2) is 28.7 Å². The molecule has 3 heteroatoms. The first-order valence-electron chi connectivity index (χ1n) is 4.44. The molecular formula is C9H13NO2. The average molecular weight is 167 g/mol. The quantitative estimate of drug-likeness (QED) is 0.533. The van der Waals surface area contributed by atoms with E-state index in [-0.39, 0.29) is 11.4 Å². The Morgan fingerprint density at radius 3 is 2.83 bits per heavy atom. The van der Waals surface area contributed by atoms with E-state index in [2.05, 4.69) is 0 Å². The number of amides is 1. The lowest BCUT2D eigenvalue weighted by molar-refractivity contribution is -0.136. The van der Waals surface area contributed by atoms with Crippen molar-refractivity contribution in [3.63, 3.8) is 0 Å². The van der Waals surface area contributed by atoms with Gasteiger partial charge in [0.25, 0.3) is 0 Å². The number of rotatable bonds is 0. The van der Waals surface area contributed by atoms with Gasteiger partial charge in [0.15, 0.2) is 0 Å². The molecule has 3 nitrogen and oxygen atoms in total. The molecule has 2 saturated heterocycles. The van der Waals surface area contributed by atoms with Crippen LogP contribution >= 0.6 is 0 Å². The maximum Gasteiger partial charge on any atom is 0.223 e. The Morgan fingerprint density at radius 2 is 2.08 bits per heavy atom. The van der Waals surface area contributed by atoms with Crippen LogP contribution in [0, 0.1) is 0 Å². The number of carbonyl (C=O) groups is 2. The monoisotopic (exact) mass is 167 g/mol. The maximum atomic E-state index is 11.3. The Kier molecular flexibility index (Phi) is 1.50. The average Bonchev–Trinajstić information content (AvgIpc) is 2.27. The van der Waals surface area contributed by atoms with Crippen LogP contribution in [0.4, 0.5) is 0 Å². The van der Waals surface area contributed by atoms with E-state index >= 15 is 0 Å². The molecule has 2 aliphatic rings. The molecule has 66 valence electrons. The van der Waals surface area contributed by atoms with Crippen molar-refractivity contribution in [2.24, 2.45) is 0 Å². The van der Waals surface area contributed by atoms with Crippen molar-refractivity contribution in [2.75, 3.05) is 6.54 Å². The fourth-order valence-corrected chi connectivity index (χ4v) is 2.28. The number of carbonyl (C=O) groups excluding carboxylic acids is 2. The lowest BCUT2D eigenvalue weighted by atomic mass is 9.88. The summed E-state index contributed by atoms with van der Waals surface area (Å²) in [7, 11) is 0. The number of Topliss-reactive ketones (excluding diaryl/α,β-unsaturated/α-hetero) is 1. The molecule has 0 aromatic rings. The third-order valence-corrected chi connectivity index (χ3v) is 3.02. The Labute approximate surface area is 71.7 Å². The zero-order valence-corrected chi connectivity index (χ0v) is 7.30. The predicted molar refractivity (Wildman–Crippen MR) is 43.6 cm³/mol. The minimum atomic E-state index is -0.133. The first-order chi connectivity index (χ1) is 5.62. The van der Waals surface area contributed by atoms with Crippen molar-refractivity contribution in [1.29, 1.82) is 0 Å². The second-order valence-corrected chi connectivity index (χ2v) is 4.01. The minimum absolute atomic E-state index is 0.133. The van der Waals surface area contributed by atoms with Crippen LogP contribution in [0.25, 0.3) is 0 Å². The summed E-state index contributed by atoms with van der Waals surface area (Å²) in [6.07, 6.45) is 2.61. The number of hydrogen-bond acceptors (Lipinski definition) is 2. The van der Waals surface area contributed by atoms with E-state index in [1.165, 1.54) is 0 Å². The molecule has 0 bridgehead atoms. The van der Waals surface area contributed by atoms with Crippen molar-refractivity contribution >= 4 is 11.7 Å². The summed E-state index contributed by atoms with van der Waals surface area (Å²) in [5, 5.41) is 0. The molecular weight excluding hydrogens is 154 g/mol. The van der Waals surface area contributed by atoms with Gasteiger partial charge in [0.05, 0.1) is 0 Å². The van der Waals surface area contributed by atoms with Crippen molar-refractivity contribution in [3.8, 4) is 0 Å². The highest BCUT2D eigenvalue weighted by atomic mass is 16.2. The van der Waals surface area contributed by atoms with Crippen LogP contribution in [0.2, 0.25) is 0 Å². The fraction of sp³-hybridized carbons (Fsp3) is 0.778. The first-order valence-corrected chi connectivity index (χ1v) is 4.44. The third kappa shape index (κ3) is 0.958. The largest absolute Gasteiger partial charge is 0.336 e. The SMILES string of the molecule is C[C@]12CCC(=O)N1CCC(=O)C2. The van der Waals surface area contributed by atoms with Crippen LogP contribution in [0.1, 0.15) is 32.6 Å². The van der Waals surface area contributed by atoms with E-state index in [0.717, 1.165) is 6.42 Å². The van der Waals surface area contributed by atoms with Crippen molar-refractivity contribution in [1.82, 2.24) is 4.90 Å². The van der Waals surface area contributed by atoms with Gasteiger partial charge < -0.3 is 4.90 Å². The maximum absolute atomic E-state index is 11.3. The molecule has 2 heterocycles. The van der Waals surface area contributed by atoms with Gasteiger partial charge in [-0.2, -0.15) is 0 Å². The van der Waals surface area contributed by atoms with Crippen LogP contribution < -0.4 is 0 Å². The number of hydrogen-bond donors (Lipinski definition) is 0. The summed E-state index contributed by atoms with van der Waals surface area (Å²) in [6, 6.07) is 0. The Hall–Kier alpha value is -0.860. The number of nitrogens with zero attached hydrogens (tertiary/aromatic N) is 1. The Balaban J connectivity index is 2.24. The first kappa shape index (κ1) is 7.77. The summed E-state index contributed by atoms with van der Waals surface area (Å²) < 4.78 is 0. The highest BCUT2D eigenvalue weighted by molar-refractivity contribution is 5.87. The molecule has 0 unspecified atom stereocenters. The number of piperidine rings is 1. The van der Waals surface area contributed by atoms with Gasteiger partial charge in [-0.15, -0.1) is 0 Å². The van der Waals surface area contributed by atoms with Crippen LogP contribution in [0.15, 0.2) is 0 Å². The van der Waals surface area contributed by atoms with Gasteiger partial charge in [-0.1, -0.05) is 0 Å². The molecule has 1 amide bonds. The van der Waals surface area contributed by atoms with Gasteiger partial charge in [0.2, 0.25) is 5.91 Å². The molecule has 0 aliphatic carbocycles. The summed E-state index contributed by atoms with van der Waals surface area (Å²) >= 11 is 0. The fourth-order valence-electron chi connectivity index (χ4n) is 2.28. The molecule has 2 fully saturated rings. The molecule has 0 aromatic heterocycles. The van der Waals surface area contributed by atoms with Gasteiger partial charge in [-0.25, -0.2) is 0 Å². The normalized spacial score (nSPS) is 35.6. The van der Waals surface area contributed by atoms with Crippen molar-refractivity contribution in [2.45, 2.75) is 38.1 Å². The molecule has 0 radical (unpaired) electrons. The van der Waals surface area contributed by atoms with Crippen LogP contribution in [0.3, 0.4) is 0 Å². The van der Waals surface area contributed by atoms with Crippen LogP contribution in [0.5, 0.6) is 0 Å². The highest BCUT2D eigenvalue weighted by Gasteiger charge is 2.45. The predicted octanol–water partition coefficient (Wildman–Crippen LogP) is 0.730. The van der Waals surface area contributed by atoms with Gasteiger partial charge in [-0.3, -0.25) is 9.59 Å². The Bertz CT molecular complexity index is 249. The van der Waals surface area contributed by atoms with E-state index in [1.807, 2.05) is 11.8 Å². The topological polar surface area (TPSA) is 37.4 Å². The second kappa shape index (κ2) is 2.31. The molecule has 2 rings (SSSR count). The smallest absolute Gasteiger partial charge is 0.223 e. The lowest BCUT2D eigenvalue weighted by Crippen LogP contribution is -2.49. The number of fused-ring (bicyclic) bond motifs is 1. The molecule has 0 N–H and O–H groups in total. The molecule has 0 spiro atoms. The summed E-state index contributed by atoms with van der Waals surface area (Å²) in [5.74, 6) is 0.536. The van der Waals surface area contributed by atoms with Gasteiger partial charge in [-0.05, 0) is 13.3 Å². The molecule has 2 aliphatic heterocycles. The highest BCUT2D eigenvalue weighted by Crippen LogP contribution is 2.36. The standard InChI is InChI=1S/C9H13NO2/c1-9-4-2-8(12)10(9)5-3-7(11)6-9/h2-6H2,1H3/t9-/m1/s1. The Morgan fingerprint density at radius 1 is 1.33 bits per heavy atom. The minimum Gasteiger partial charge on any atom is -0.336 e. The molecule has 0 saturated carbocycles. The summed E-state index contributed by atoms with van der Waals surface area (Å²) in [5.41, 5.74) is -0.133. The van der Waals surface area contributed by atoms with E-state index < -0.39 is 0 Å². The van der Waals surface area contributed by atoms with E-state index in [1.54, 1.807) is 0 Å². The van der Waals surface area contributed by atoms with E-state index in [4.69, 9.17) is 0 Å². The summed E-state index contributed by atoms with van der Waals surface area (Å²) in [4.78, 5) is 24.4. The molecule has 1 atom stereocenters. The number of ketones is 1. The van der Waals surface area contributed by atoms with Gasteiger partial charge >= 0.3 is 0 Å². The zero-order valence-electron chi connectivity index (χ0n) is 7.30. The van der Waals surface area contributed by atoms with Gasteiger partial charge in [0, 0.05) is 31.3 Å².